The van der Waals surface area contributed by atoms with Crippen LogP contribution in [0.5, 0.6) is 0 Å². The van der Waals surface area contributed by atoms with Gasteiger partial charge in [0.25, 0.3) is 0 Å². The molecule has 7 N–H and O–H groups in total. The predicted octanol–water partition coefficient (Wildman–Crippen LogP) is 16.6. The molecule has 16 nitrogen and oxygen atoms in total. The predicted molar refractivity (Wildman–Crippen MR) is 415 cm³/mol. The summed E-state index contributed by atoms with van der Waals surface area (Å²) in [4.78, 5) is 4.40. The highest BCUT2D eigenvalue weighted by molar-refractivity contribution is 7.81. The molecular weight excluding hydrogens is 1330 g/mol. The van der Waals surface area contributed by atoms with Gasteiger partial charge >= 0.3 is 0 Å². The third-order valence-corrected chi connectivity index (χ3v) is 16.3. The van der Waals surface area contributed by atoms with Gasteiger partial charge in [0.05, 0.1) is 10.7 Å². The fourth-order valence-electron chi connectivity index (χ4n) is 8.57. The van der Waals surface area contributed by atoms with E-state index in [9.17, 15) is 0 Å². The Balaban J connectivity index is 0.000000163. The van der Waals surface area contributed by atoms with Crippen LogP contribution >= 0.6 is 96.5 Å². The van der Waals surface area contributed by atoms with E-state index in [-0.39, 0.29) is 0 Å². The summed E-state index contributed by atoms with van der Waals surface area (Å²) < 4.78 is 6.49. The Labute approximate surface area is 591 Å². The van der Waals surface area contributed by atoms with Gasteiger partial charge < -0.3 is 42.1 Å². The summed E-state index contributed by atoms with van der Waals surface area (Å²) in [6.45, 7) is 10.3. The number of nitrogens with zero attached hydrogens (tertiary/aromatic N) is 10. The molecule has 0 bridgehead atoms. The Morgan fingerprint density at radius 3 is 1.31 bits per heavy atom. The summed E-state index contributed by atoms with van der Waals surface area (Å²) in [7, 11) is 3.74. The molecule has 24 heteroatoms. The topological polar surface area (TPSA) is 164 Å². The van der Waals surface area contributed by atoms with E-state index in [2.05, 4.69) is 97.2 Å². The molecule has 0 aliphatic heterocycles. The number of nitrogens with one attached hydrogen (secondary N) is 5. The van der Waals surface area contributed by atoms with E-state index in [0.717, 1.165) is 68.9 Å². The van der Waals surface area contributed by atoms with Crippen molar-refractivity contribution in [1.29, 1.82) is 0 Å². The molecule has 0 saturated carbocycles. The fourth-order valence-corrected chi connectivity index (χ4v) is 10.3. The van der Waals surface area contributed by atoms with Gasteiger partial charge in [0.15, 0.2) is 37.2 Å². The molecule has 0 unspecified atom stereocenters. The van der Waals surface area contributed by atoms with Crippen LogP contribution in [-0.2, 0) is 19.3 Å². The molecule has 0 radical (unpaired) electrons. The number of benzene rings is 7. The molecule has 0 fully saturated rings. The van der Waals surface area contributed by atoms with Crippen LogP contribution in [-0.4, -0.2) is 83.8 Å². The Kier molecular flexibility index (Phi) is 26.1. The van der Waals surface area contributed by atoms with E-state index >= 15 is 0 Å². The molecule has 4 aromatic heterocycles. The molecule has 11 aromatic rings. The van der Waals surface area contributed by atoms with Crippen molar-refractivity contribution >= 4 is 173 Å². The normalized spacial score (nSPS) is 10.4. The molecule has 7 aromatic carbocycles. The SMILES string of the molecule is Cc1ccc(CCc2ccn(C(=S)Nc3ccc(C)cc3)n2)cc1.Cc1ccc(NC(=S)n2ccc(N(C)C(=S)Nc3ccc(Cl)cc3)n2)cc1.Cc1ccc(NC(=S)n2ccc(N)n2)cc1.Cc1cccc(NC(=S)n2ccc(N(C)C(=S)Cc3cccc(Cl)c3)n2)c1. The third-order valence-electron chi connectivity index (χ3n) is 13.9. The molecule has 0 spiro atoms. The maximum absolute atomic E-state index is 6.05. The second-order valence-corrected chi connectivity index (χ2v) is 24.9. The lowest BCUT2D eigenvalue weighted by Gasteiger charge is -2.18. The Bertz CT molecular complexity index is 4350. The van der Waals surface area contributed by atoms with E-state index in [1.807, 2.05) is 192 Å². The number of likely N-dealkylation sites (N-methyl/N-ethyl adjacent to an activating group) is 1. The maximum atomic E-state index is 6.05. The lowest BCUT2D eigenvalue weighted by atomic mass is 10.1. The number of hydrogen-bond acceptors (Lipinski definition) is 11. The van der Waals surface area contributed by atoms with Gasteiger partial charge in [-0.25, -0.2) is 18.7 Å². The molecule has 94 heavy (non-hydrogen) atoms. The molecule has 0 saturated heterocycles. The zero-order valence-electron chi connectivity index (χ0n) is 52.7. The Morgan fingerprint density at radius 2 is 0.819 bits per heavy atom. The van der Waals surface area contributed by atoms with Crippen LogP contribution in [0.4, 0.5) is 45.9 Å². The second-order valence-electron chi connectivity index (χ2n) is 21.6. The van der Waals surface area contributed by atoms with Gasteiger partial charge in [0.1, 0.15) is 5.82 Å². The average molecular weight is 1400 g/mol. The number of hydrogen-bond donors (Lipinski definition) is 6. The maximum Gasteiger partial charge on any atom is 0.198 e. The van der Waals surface area contributed by atoms with Gasteiger partial charge in [-0.15, -0.1) is 15.3 Å². The lowest BCUT2D eigenvalue weighted by molar-refractivity contribution is 0.850. The fraction of sp³-hybridized carbons (Fsp3) is 0.143. The molecule has 0 atom stereocenters. The van der Waals surface area contributed by atoms with Crippen LogP contribution < -0.4 is 42.1 Å². The van der Waals surface area contributed by atoms with Crippen molar-refractivity contribution in [2.45, 2.75) is 53.9 Å². The first kappa shape index (κ1) is 70.8. The van der Waals surface area contributed by atoms with E-state index in [1.54, 1.807) is 49.5 Å². The van der Waals surface area contributed by atoms with Gasteiger partial charge in [-0.2, -0.15) is 5.10 Å². The van der Waals surface area contributed by atoms with E-state index in [1.165, 1.54) is 32.5 Å². The summed E-state index contributed by atoms with van der Waals surface area (Å²) in [5, 5.41) is 37.4. The third kappa shape index (κ3) is 22.3. The van der Waals surface area contributed by atoms with E-state index in [4.69, 9.17) is 102 Å². The minimum absolute atomic E-state index is 0.452. The number of aromatic nitrogens is 8. The number of thiocarbonyl (C=S) groups is 6. The number of anilines is 8. The first-order valence-corrected chi connectivity index (χ1v) is 32.7. The van der Waals surface area contributed by atoms with Gasteiger partial charge in [-0.05, 0) is 216 Å². The Hall–Kier alpha value is -9.10. The van der Waals surface area contributed by atoms with Crippen molar-refractivity contribution in [1.82, 2.24) is 39.1 Å². The van der Waals surface area contributed by atoms with Crippen molar-refractivity contribution in [3.05, 3.63) is 274 Å². The second kappa shape index (κ2) is 34.7. The van der Waals surface area contributed by atoms with Gasteiger partial charge in [0.2, 0.25) is 0 Å². The van der Waals surface area contributed by atoms with Crippen molar-refractivity contribution in [3.8, 4) is 0 Å². The Morgan fingerprint density at radius 1 is 0.394 bits per heavy atom. The monoisotopic (exact) mass is 1400 g/mol. The quantitative estimate of drug-likeness (QED) is 0.0640. The standard InChI is InChI=1S/C20H19ClN4S2.C20H21N3S.C19H18ClN5S2.C11H12N4S/c1-14-5-3-8-17(11-14)22-20(27)25-10-9-18(23-25)24(2)19(26)13-15-6-4-7-16(21)12-15;1-15-3-7-17(8-4-15)9-12-19-13-14-23(22-19)20(24)21-18-10-5-16(2)6-11-18;1-13-3-7-15(8-4-13)22-19(27)25-12-11-17(23-25)24(2)18(26)21-16-9-5-14(20)6-10-16;1-8-2-4-9(5-3-8)13-11(16)15-7-6-10(12)14-15/h3-12H,13H2,1-2H3,(H,22,27);3-8,10-11,13-14H,9,12H2,1-2H3,(H,21,24);3-12H,1-2H3,(H,21,26)(H,22,27);2-7H,1H3,(H2,12,14)(H,13,16). The molecule has 11 rings (SSSR count). The van der Waals surface area contributed by atoms with Crippen LogP contribution in [0.15, 0.2) is 219 Å². The highest BCUT2D eigenvalue weighted by atomic mass is 35.5. The van der Waals surface area contributed by atoms with Crippen molar-refractivity contribution < 1.29 is 0 Å². The van der Waals surface area contributed by atoms with Crippen LogP contribution in [0.2, 0.25) is 10.0 Å². The van der Waals surface area contributed by atoms with Crippen LogP contribution in [0.1, 0.15) is 44.6 Å². The van der Waals surface area contributed by atoms with E-state index < -0.39 is 0 Å². The average Bonchev–Trinajstić information content (AvgIpc) is 2.08. The summed E-state index contributed by atoms with van der Waals surface area (Å²) in [5.74, 6) is 1.86. The molecule has 0 aliphatic rings. The summed E-state index contributed by atoms with van der Waals surface area (Å²) in [5.41, 5.74) is 19.6. The summed E-state index contributed by atoms with van der Waals surface area (Å²) in [6.07, 6.45) is 9.75. The number of halogens is 2. The first-order valence-electron chi connectivity index (χ1n) is 29.5. The zero-order chi connectivity index (χ0) is 67.3. The number of nitrogen functional groups attached to an aromatic ring is 1. The van der Waals surface area contributed by atoms with Crippen LogP contribution in [0.25, 0.3) is 0 Å². The largest absolute Gasteiger partial charge is 0.382 e. The highest BCUT2D eigenvalue weighted by Gasteiger charge is 2.15. The van der Waals surface area contributed by atoms with Gasteiger partial charge in [0, 0.05) is 102 Å². The molecule has 4 heterocycles. The minimum Gasteiger partial charge on any atom is -0.382 e. The highest BCUT2D eigenvalue weighted by Crippen LogP contribution is 2.20. The number of aryl methyl sites for hydroxylation is 7. The van der Waals surface area contributed by atoms with Crippen LogP contribution in [0, 0.1) is 34.6 Å². The minimum atomic E-state index is 0.452. The number of rotatable bonds is 12. The number of nitrogens with two attached hydrogens (primary N) is 1. The molecular formula is C70H70Cl2N16S6. The van der Waals surface area contributed by atoms with Crippen molar-refractivity contribution in [2.24, 2.45) is 0 Å². The van der Waals surface area contributed by atoms with Gasteiger partial charge in [-0.1, -0.05) is 143 Å². The zero-order valence-corrected chi connectivity index (χ0v) is 59.1. The molecule has 480 valence electrons. The molecule has 0 amide bonds. The van der Waals surface area contributed by atoms with E-state index in [0.29, 0.717) is 53.7 Å². The van der Waals surface area contributed by atoms with Crippen LogP contribution in [0.3, 0.4) is 0 Å². The smallest absolute Gasteiger partial charge is 0.198 e. The van der Waals surface area contributed by atoms with Crippen molar-refractivity contribution in [3.63, 3.8) is 0 Å². The summed E-state index contributed by atoms with van der Waals surface area (Å²) >= 11 is 44.5. The lowest BCUT2D eigenvalue weighted by Crippen LogP contribution is -2.31. The first-order chi connectivity index (χ1) is 45.1. The van der Waals surface area contributed by atoms with Crippen molar-refractivity contribution in [2.75, 3.05) is 56.2 Å². The molecule has 0 aliphatic carbocycles. The summed E-state index contributed by atoms with van der Waals surface area (Å²) in [6, 6.07) is 63.3. The van der Waals surface area contributed by atoms with Gasteiger partial charge in [-0.3, -0.25) is 0 Å².